The molecular formula is C19H12IrN-. The van der Waals surface area contributed by atoms with Crippen molar-refractivity contribution in [1.82, 2.24) is 4.98 Å². The van der Waals surface area contributed by atoms with Gasteiger partial charge in [0.1, 0.15) is 0 Å². The minimum absolute atomic E-state index is 0. The van der Waals surface area contributed by atoms with E-state index in [1.54, 1.807) is 0 Å². The minimum Gasteiger partial charge on any atom is -0.295 e. The van der Waals surface area contributed by atoms with E-state index < -0.39 is 0 Å². The summed E-state index contributed by atoms with van der Waals surface area (Å²) < 4.78 is 0. The molecule has 3 aromatic carbocycles. The molecule has 0 saturated carbocycles. The Hall–Kier alpha value is -2.02. The van der Waals surface area contributed by atoms with Gasteiger partial charge in [0.25, 0.3) is 0 Å². The molecule has 0 bridgehead atoms. The average Bonchev–Trinajstić information content (AvgIpc) is 2.55. The third-order valence-corrected chi connectivity index (χ3v) is 3.59. The number of nitrogens with zero attached hydrogens (tertiary/aromatic N) is 1. The van der Waals surface area contributed by atoms with Crippen LogP contribution in [0.3, 0.4) is 0 Å². The zero-order valence-electron chi connectivity index (χ0n) is 11.2. The number of fused-ring (bicyclic) bond motifs is 3. The Balaban J connectivity index is 0.00000132. The molecule has 21 heavy (non-hydrogen) atoms. The van der Waals surface area contributed by atoms with E-state index in [2.05, 4.69) is 59.6 Å². The number of hydrogen-bond acceptors (Lipinski definition) is 1. The molecule has 1 heterocycles. The van der Waals surface area contributed by atoms with Gasteiger partial charge in [-0.25, -0.2) is 0 Å². The number of pyridine rings is 1. The van der Waals surface area contributed by atoms with Gasteiger partial charge in [0.15, 0.2) is 0 Å². The van der Waals surface area contributed by atoms with Crippen molar-refractivity contribution in [3.63, 3.8) is 0 Å². The van der Waals surface area contributed by atoms with Crippen molar-refractivity contribution in [3.05, 3.63) is 79.0 Å². The van der Waals surface area contributed by atoms with Crippen LogP contribution >= 0.6 is 0 Å². The second-order valence-corrected chi connectivity index (χ2v) is 4.81. The summed E-state index contributed by atoms with van der Waals surface area (Å²) in [7, 11) is 0. The van der Waals surface area contributed by atoms with Crippen LogP contribution in [0.2, 0.25) is 0 Å². The first-order valence-electron chi connectivity index (χ1n) is 6.68. The Labute approximate surface area is 137 Å². The fourth-order valence-electron chi connectivity index (χ4n) is 2.68. The van der Waals surface area contributed by atoms with Crippen molar-refractivity contribution in [2.75, 3.05) is 0 Å². The van der Waals surface area contributed by atoms with E-state index in [0.29, 0.717) is 0 Å². The molecule has 1 aromatic heterocycles. The SMILES string of the molecule is [Ir].[c-]1c(-c2ccccn2)c2ccccc2c2ccccc12. The van der Waals surface area contributed by atoms with E-state index in [0.717, 1.165) is 16.6 Å². The van der Waals surface area contributed by atoms with Crippen LogP contribution in [0.5, 0.6) is 0 Å². The summed E-state index contributed by atoms with van der Waals surface area (Å²) in [6.07, 6.45) is 1.83. The summed E-state index contributed by atoms with van der Waals surface area (Å²) in [4.78, 5) is 4.47. The van der Waals surface area contributed by atoms with Crippen LogP contribution in [-0.4, -0.2) is 4.98 Å². The Morgan fingerprint density at radius 2 is 1.33 bits per heavy atom. The largest absolute Gasteiger partial charge is 0.295 e. The van der Waals surface area contributed by atoms with Crippen molar-refractivity contribution in [2.24, 2.45) is 0 Å². The van der Waals surface area contributed by atoms with Crippen LogP contribution in [0.4, 0.5) is 0 Å². The number of rotatable bonds is 1. The molecule has 0 spiro atoms. The Bertz CT molecular complexity index is 901. The van der Waals surface area contributed by atoms with E-state index in [-0.39, 0.29) is 20.1 Å². The fraction of sp³-hybridized carbons (Fsp3) is 0. The molecule has 0 aliphatic heterocycles. The summed E-state index contributed by atoms with van der Waals surface area (Å²) in [6.45, 7) is 0. The van der Waals surface area contributed by atoms with Gasteiger partial charge in [-0.05, 0) is 6.07 Å². The molecule has 1 nitrogen and oxygen atoms in total. The molecule has 4 aromatic rings. The molecular weight excluding hydrogens is 434 g/mol. The normalized spacial score (nSPS) is 10.5. The van der Waals surface area contributed by atoms with E-state index in [1.165, 1.54) is 16.2 Å². The predicted octanol–water partition coefficient (Wildman–Crippen LogP) is 4.85. The summed E-state index contributed by atoms with van der Waals surface area (Å²) in [5.74, 6) is 0. The van der Waals surface area contributed by atoms with E-state index in [9.17, 15) is 0 Å². The molecule has 0 fully saturated rings. The van der Waals surface area contributed by atoms with Gasteiger partial charge in [-0.2, -0.15) is 0 Å². The average molecular weight is 447 g/mol. The van der Waals surface area contributed by atoms with Gasteiger partial charge in [-0.15, -0.1) is 17.5 Å². The predicted molar refractivity (Wildman–Crippen MR) is 83.5 cm³/mol. The number of benzene rings is 3. The van der Waals surface area contributed by atoms with Crippen molar-refractivity contribution in [2.45, 2.75) is 0 Å². The standard InChI is InChI=1S/C19H12N.Ir/c1-2-8-15-14(7-1)13-18(19-11-5-6-12-20-19)17-10-4-3-9-16(15)17;/h1-12H;/q-1;. The molecule has 4 rings (SSSR count). The van der Waals surface area contributed by atoms with Crippen molar-refractivity contribution in [3.8, 4) is 11.3 Å². The topological polar surface area (TPSA) is 12.9 Å². The van der Waals surface area contributed by atoms with Gasteiger partial charge in [-0.1, -0.05) is 76.3 Å². The third-order valence-electron chi connectivity index (χ3n) is 3.59. The minimum atomic E-state index is 0. The summed E-state index contributed by atoms with van der Waals surface area (Å²) in [5, 5.41) is 4.82. The second kappa shape index (κ2) is 5.77. The van der Waals surface area contributed by atoms with Gasteiger partial charge in [-0.3, -0.25) is 4.98 Å². The fourth-order valence-corrected chi connectivity index (χ4v) is 2.68. The first-order chi connectivity index (χ1) is 9.93. The molecule has 2 heteroatoms. The maximum atomic E-state index is 4.47. The zero-order chi connectivity index (χ0) is 13.4. The van der Waals surface area contributed by atoms with Crippen LogP contribution in [0.15, 0.2) is 72.9 Å². The van der Waals surface area contributed by atoms with Crippen molar-refractivity contribution >= 4 is 21.5 Å². The summed E-state index contributed by atoms with van der Waals surface area (Å²) in [5.41, 5.74) is 2.04. The Morgan fingerprint density at radius 1 is 0.667 bits per heavy atom. The quantitative estimate of drug-likeness (QED) is 0.301. The van der Waals surface area contributed by atoms with Crippen LogP contribution in [0.1, 0.15) is 0 Å². The molecule has 0 amide bonds. The number of aromatic nitrogens is 1. The molecule has 0 unspecified atom stereocenters. The second-order valence-electron chi connectivity index (χ2n) is 4.81. The summed E-state index contributed by atoms with van der Waals surface area (Å²) >= 11 is 0. The Kier molecular flexibility index (Phi) is 3.83. The molecule has 0 atom stereocenters. The molecule has 1 radical (unpaired) electrons. The first kappa shape index (κ1) is 13.9. The van der Waals surface area contributed by atoms with Crippen LogP contribution in [-0.2, 0) is 20.1 Å². The molecule has 0 N–H and O–H groups in total. The number of hydrogen-bond donors (Lipinski definition) is 0. The van der Waals surface area contributed by atoms with Crippen LogP contribution in [0.25, 0.3) is 32.8 Å². The zero-order valence-corrected chi connectivity index (χ0v) is 13.6. The van der Waals surface area contributed by atoms with Gasteiger partial charge in [0.2, 0.25) is 0 Å². The maximum absolute atomic E-state index is 4.47. The van der Waals surface area contributed by atoms with E-state index >= 15 is 0 Å². The Morgan fingerprint density at radius 3 is 2.10 bits per heavy atom. The van der Waals surface area contributed by atoms with E-state index in [4.69, 9.17) is 0 Å². The van der Waals surface area contributed by atoms with Gasteiger partial charge < -0.3 is 0 Å². The monoisotopic (exact) mass is 447 g/mol. The van der Waals surface area contributed by atoms with Gasteiger partial charge in [0, 0.05) is 32.0 Å². The summed E-state index contributed by atoms with van der Waals surface area (Å²) in [6, 6.07) is 26.3. The maximum Gasteiger partial charge on any atom is 0.0183 e. The molecule has 103 valence electrons. The van der Waals surface area contributed by atoms with Crippen LogP contribution in [0, 0.1) is 6.07 Å². The first-order valence-corrected chi connectivity index (χ1v) is 6.68. The van der Waals surface area contributed by atoms with Gasteiger partial charge in [0.05, 0.1) is 0 Å². The van der Waals surface area contributed by atoms with Crippen LogP contribution < -0.4 is 0 Å². The van der Waals surface area contributed by atoms with Crippen molar-refractivity contribution < 1.29 is 20.1 Å². The smallest absolute Gasteiger partial charge is 0.0183 e. The van der Waals surface area contributed by atoms with Crippen molar-refractivity contribution in [1.29, 1.82) is 0 Å². The third kappa shape index (κ3) is 2.37. The molecule has 0 aliphatic rings. The van der Waals surface area contributed by atoms with E-state index in [1.807, 2.05) is 24.4 Å². The molecule has 0 aliphatic carbocycles. The molecule has 0 saturated heterocycles. The van der Waals surface area contributed by atoms with Gasteiger partial charge >= 0.3 is 0 Å².